The molecular formula is C8H14N2S2. The summed E-state index contributed by atoms with van der Waals surface area (Å²) in [7, 11) is 0. The summed E-state index contributed by atoms with van der Waals surface area (Å²) in [5, 5.41) is 6.83. The van der Waals surface area contributed by atoms with Gasteiger partial charge in [-0.2, -0.15) is 0 Å². The molecule has 12 heavy (non-hydrogen) atoms. The summed E-state index contributed by atoms with van der Waals surface area (Å²) in [6.07, 6.45) is 2.28. The fourth-order valence-electron chi connectivity index (χ4n) is 1.52. The summed E-state index contributed by atoms with van der Waals surface area (Å²) in [5.74, 6) is 0.602. The maximum Gasteiger partial charge on any atom is 0.171 e. The van der Waals surface area contributed by atoms with Gasteiger partial charge in [0.15, 0.2) is 5.11 Å². The first kappa shape index (κ1) is 9.86. The largest absolute Gasteiger partial charge is 0.353 e. The summed E-state index contributed by atoms with van der Waals surface area (Å²) < 4.78 is 0. The highest BCUT2D eigenvalue weighted by Crippen LogP contribution is 2.16. The first-order valence-electron chi connectivity index (χ1n) is 4.30. The first-order valence-corrected chi connectivity index (χ1v) is 5.12. The second kappa shape index (κ2) is 4.14. The molecule has 1 aliphatic rings. The lowest BCUT2D eigenvalue weighted by molar-refractivity contribution is 0.446. The molecule has 0 aliphatic carbocycles. The van der Waals surface area contributed by atoms with Gasteiger partial charge in [0.05, 0.1) is 6.04 Å². The smallest absolute Gasteiger partial charge is 0.171 e. The van der Waals surface area contributed by atoms with E-state index in [1.165, 1.54) is 0 Å². The van der Waals surface area contributed by atoms with Crippen molar-refractivity contribution < 1.29 is 0 Å². The fourth-order valence-corrected chi connectivity index (χ4v) is 2.18. The van der Waals surface area contributed by atoms with Crippen molar-refractivity contribution in [3.63, 3.8) is 0 Å². The molecule has 0 spiro atoms. The molecule has 0 radical (unpaired) electrons. The van der Waals surface area contributed by atoms with Crippen molar-refractivity contribution in [2.75, 3.05) is 0 Å². The van der Waals surface area contributed by atoms with Gasteiger partial charge in [-0.1, -0.05) is 38.9 Å². The van der Waals surface area contributed by atoms with E-state index in [9.17, 15) is 0 Å². The van der Waals surface area contributed by atoms with Gasteiger partial charge in [-0.15, -0.1) is 0 Å². The lowest BCUT2D eigenvalue weighted by Crippen LogP contribution is -2.35. The van der Waals surface area contributed by atoms with Gasteiger partial charge in [0.2, 0.25) is 0 Å². The first-order chi connectivity index (χ1) is 5.69. The van der Waals surface area contributed by atoms with Gasteiger partial charge < -0.3 is 10.6 Å². The standard InChI is InChI=1S/C8H14N2S2/c1-3-5(4-2)6-7(11)10-8(12)9-6/h5-6H,3-4H2,1-2H3,(H2,9,10,11,12). The predicted molar refractivity (Wildman–Crippen MR) is 59.3 cm³/mol. The quantitative estimate of drug-likeness (QED) is 0.679. The van der Waals surface area contributed by atoms with Gasteiger partial charge in [-0.05, 0) is 18.1 Å². The van der Waals surface area contributed by atoms with E-state index >= 15 is 0 Å². The molecule has 1 rings (SSSR count). The molecule has 1 unspecified atom stereocenters. The molecule has 1 heterocycles. The van der Waals surface area contributed by atoms with Crippen molar-refractivity contribution in [3.8, 4) is 0 Å². The zero-order chi connectivity index (χ0) is 9.14. The molecule has 1 aliphatic heterocycles. The third kappa shape index (κ3) is 1.93. The molecule has 68 valence electrons. The minimum Gasteiger partial charge on any atom is -0.353 e. The molecule has 1 fully saturated rings. The lowest BCUT2D eigenvalue weighted by Gasteiger charge is -2.19. The molecule has 2 nitrogen and oxygen atoms in total. The predicted octanol–water partition coefficient (Wildman–Crippen LogP) is 1.60. The molecular weight excluding hydrogens is 188 g/mol. The zero-order valence-electron chi connectivity index (χ0n) is 7.39. The monoisotopic (exact) mass is 202 g/mol. The molecule has 1 atom stereocenters. The van der Waals surface area contributed by atoms with Crippen molar-refractivity contribution in [2.24, 2.45) is 5.92 Å². The van der Waals surface area contributed by atoms with Crippen LogP contribution in [0.3, 0.4) is 0 Å². The van der Waals surface area contributed by atoms with Gasteiger partial charge in [0.1, 0.15) is 4.99 Å². The summed E-state index contributed by atoms with van der Waals surface area (Å²) in [6, 6.07) is 0.266. The van der Waals surface area contributed by atoms with Crippen LogP contribution in [0.1, 0.15) is 26.7 Å². The Morgan fingerprint density at radius 1 is 1.33 bits per heavy atom. The fraction of sp³-hybridized carbons (Fsp3) is 0.750. The van der Waals surface area contributed by atoms with E-state index in [2.05, 4.69) is 24.5 Å². The number of hydrogen-bond acceptors (Lipinski definition) is 2. The Balaban J connectivity index is 2.62. The van der Waals surface area contributed by atoms with Crippen molar-refractivity contribution in [2.45, 2.75) is 32.7 Å². The van der Waals surface area contributed by atoms with Crippen molar-refractivity contribution >= 4 is 34.5 Å². The third-order valence-electron chi connectivity index (χ3n) is 2.33. The topological polar surface area (TPSA) is 24.1 Å². The van der Waals surface area contributed by atoms with Crippen molar-refractivity contribution in [1.82, 2.24) is 10.6 Å². The molecule has 0 aromatic carbocycles. The van der Waals surface area contributed by atoms with Gasteiger partial charge in [-0.25, -0.2) is 0 Å². The minimum atomic E-state index is 0.266. The summed E-state index contributed by atoms with van der Waals surface area (Å²) >= 11 is 10.1. The Hall–Kier alpha value is -0.220. The van der Waals surface area contributed by atoms with E-state index in [1.54, 1.807) is 0 Å². The van der Waals surface area contributed by atoms with E-state index in [1.807, 2.05) is 0 Å². The van der Waals surface area contributed by atoms with Crippen LogP contribution < -0.4 is 10.6 Å². The van der Waals surface area contributed by atoms with E-state index in [0.717, 1.165) is 17.8 Å². The lowest BCUT2D eigenvalue weighted by atomic mass is 9.95. The highest BCUT2D eigenvalue weighted by Gasteiger charge is 2.28. The van der Waals surface area contributed by atoms with Crippen LogP contribution in [0.4, 0.5) is 0 Å². The molecule has 0 aromatic rings. The molecule has 4 heteroatoms. The molecule has 0 bridgehead atoms. The maximum absolute atomic E-state index is 5.17. The van der Waals surface area contributed by atoms with Crippen LogP contribution in [0.25, 0.3) is 0 Å². The van der Waals surface area contributed by atoms with Crippen LogP contribution in [-0.2, 0) is 0 Å². The van der Waals surface area contributed by atoms with Gasteiger partial charge in [-0.3, -0.25) is 0 Å². The third-order valence-corrected chi connectivity index (χ3v) is 2.90. The summed E-state index contributed by atoms with van der Waals surface area (Å²) in [4.78, 5) is 0.855. The normalized spacial score (nSPS) is 22.8. The molecule has 0 saturated carbocycles. The Kier molecular flexibility index (Phi) is 3.40. The highest BCUT2D eigenvalue weighted by atomic mass is 32.1. The van der Waals surface area contributed by atoms with Crippen LogP contribution in [0.15, 0.2) is 0 Å². The van der Waals surface area contributed by atoms with Crippen LogP contribution in [-0.4, -0.2) is 16.1 Å². The number of hydrogen-bond donors (Lipinski definition) is 2. The van der Waals surface area contributed by atoms with Gasteiger partial charge >= 0.3 is 0 Å². The molecule has 2 N–H and O–H groups in total. The average molecular weight is 202 g/mol. The Bertz CT molecular complexity index is 199. The number of rotatable bonds is 3. The van der Waals surface area contributed by atoms with E-state index in [-0.39, 0.29) is 6.04 Å². The zero-order valence-corrected chi connectivity index (χ0v) is 9.02. The summed E-state index contributed by atoms with van der Waals surface area (Å²) in [5.41, 5.74) is 0. The maximum atomic E-state index is 5.17. The van der Waals surface area contributed by atoms with Crippen LogP contribution >= 0.6 is 24.4 Å². The summed E-state index contributed by atoms with van der Waals surface area (Å²) in [6.45, 7) is 4.36. The van der Waals surface area contributed by atoms with Crippen LogP contribution in [0.5, 0.6) is 0 Å². The Morgan fingerprint density at radius 2 is 1.92 bits per heavy atom. The minimum absolute atomic E-state index is 0.266. The number of thiocarbonyl (C=S) groups is 2. The second-order valence-electron chi connectivity index (χ2n) is 3.02. The highest BCUT2D eigenvalue weighted by molar-refractivity contribution is 7.82. The van der Waals surface area contributed by atoms with Gasteiger partial charge in [0.25, 0.3) is 0 Å². The van der Waals surface area contributed by atoms with Gasteiger partial charge in [0, 0.05) is 0 Å². The van der Waals surface area contributed by atoms with Crippen molar-refractivity contribution in [1.29, 1.82) is 0 Å². The number of nitrogens with one attached hydrogen (secondary N) is 2. The SMILES string of the molecule is CCC(CC)C1NC(=S)NC1=S. The Labute approximate surface area is 84.1 Å². The van der Waals surface area contributed by atoms with E-state index < -0.39 is 0 Å². The van der Waals surface area contributed by atoms with Crippen molar-refractivity contribution in [3.05, 3.63) is 0 Å². The average Bonchev–Trinajstić information content (AvgIpc) is 2.34. The van der Waals surface area contributed by atoms with E-state index in [0.29, 0.717) is 11.0 Å². The van der Waals surface area contributed by atoms with Crippen LogP contribution in [0, 0.1) is 5.92 Å². The molecule has 0 amide bonds. The second-order valence-corrected chi connectivity index (χ2v) is 3.87. The molecule has 0 aromatic heterocycles. The molecule has 1 saturated heterocycles. The van der Waals surface area contributed by atoms with Crippen LogP contribution in [0.2, 0.25) is 0 Å². The Morgan fingerprint density at radius 3 is 2.25 bits per heavy atom. The van der Waals surface area contributed by atoms with E-state index in [4.69, 9.17) is 24.4 Å².